The molecule has 2 aromatic carbocycles. The minimum absolute atomic E-state index is 0.213. The van der Waals surface area contributed by atoms with Gasteiger partial charge in [0, 0.05) is 12.0 Å². The summed E-state index contributed by atoms with van der Waals surface area (Å²) in [5, 5.41) is 9.14. The zero-order valence-corrected chi connectivity index (χ0v) is 16.7. The molecule has 27 heavy (non-hydrogen) atoms. The third kappa shape index (κ3) is 5.30. The lowest BCUT2D eigenvalue weighted by Crippen LogP contribution is -2.38. The van der Waals surface area contributed by atoms with Crippen molar-refractivity contribution in [3.8, 4) is 5.75 Å². The standard InChI is InChI=1S/C20H25NO5S/c1-19(2,14-21-27(24,25)17-8-6-5-7-9-17)15-10-12-16(13-11-15)26-20(3,4)18(22)23/h5-13,21H,14H2,1-4H3,(H,22,23). The van der Waals surface area contributed by atoms with Gasteiger partial charge in [-0.1, -0.05) is 44.2 Å². The van der Waals surface area contributed by atoms with E-state index in [4.69, 9.17) is 9.84 Å². The maximum absolute atomic E-state index is 12.4. The molecule has 146 valence electrons. The van der Waals surface area contributed by atoms with Crippen LogP contribution in [0.1, 0.15) is 33.3 Å². The largest absolute Gasteiger partial charge is 0.478 e. The molecule has 0 fully saturated rings. The van der Waals surface area contributed by atoms with Gasteiger partial charge in [0.25, 0.3) is 0 Å². The zero-order valence-electron chi connectivity index (χ0n) is 15.9. The van der Waals surface area contributed by atoms with E-state index in [1.807, 2.05) is 26.0 Å². The molecule has 0 aliphatic heterocycles. The summed E-state index contributed by atoms with van der Waals surface area (Å²) in [6.07, 6.45) is 0. The third-order valence-electron chi connectivity index (χ3n) is 4.28. The number of nitrogens with one attached hydrogen (secondary N) is 1. The number of hydrogen-bond donors (Lipinski definition) is 2. The quantitative estimate of drug-likeness (QED) is 0.721. The van der Waals surface area contributed by atoms with E-state index >= 15 is 0 Å². The fraction of sp³-hybridized carbons (Fsp3) is 0.350. The molecule has 6 nitrogen and oxygen atoms in total. The zero-order chi connectivity index (χ0) is 20.3. The van der Waals surface area contributed by atoms with Crippen LogP contribution in [0.3, 0.4) is 0 Å². The van der Waals surface area contributed by atoms with Gasteiger partial charge in [-0.2, -0.15) is 0 Å². The Morgan fingerprint density at radius 3 is 2.07 bits per heavy atom. The van der Waals surface area contributed by atoms with Crippen molar-refractivity contribution in [2.75, 3.05) is 6.54 Å². The molecule has 0 radical (unpaired) electrons. The van der Waals surface area contributed by atoms with E-state index in [0.717, 1.165) is 5.56 Å². The summed E-state index contributed by atoms with van der Waals surface area (Å²) in [6, 6.07) is 15.2. The molecule has 0 amide bonds. The first-order valence-corrected chi connectivity index (χ1v) is 10.00. The van der Waals surface area contributed by atoms with Crippen LogP contribution >= 0.6 is 0 Å². The van der Waals surface area contributed by atoms with Crippen molar-refractivity contribution in [2.24, 2.45) is 0 Å². The van der Waals surface area contributed by atoms with Crippen LogP contribution in [0.2, 0.25) is 0 Å². The minimum atomic E-state index is -3.58. The van der Waals surface area contributed by atoms with Crippen LogP contribution in [0.5, 0.6) is 5.75 Å². The van der Waals surface area contributed by atoms with Gasteiger partial charge >= 0.3 is 5.97 Å². The van der Waals surface area contributed by atoms with Crippen molar-refractivity contribution >= 4 is 16.0 Å². The highest BCUT2D eigenvalue weighted by atomic mass is 32.2. The molecule has 0 bridgehead atoms. The highest BCUT2D eigenvalue weighted by molar-refractivity contribution is 7.89. The second-order valence-corrected chi connectivity index (χ2v) is 9.23. The number of carbonyl (C=O) groups is 1. The molecule has 0 spiro atoms. The van der Waals surface area contributed by atoms with Gasteiger partial charge in [0.1, 0.15) is 5.75 Å². The smallest absolute Gasteiger partial charge is 0.347 e. The Labute approximate surface area is 160 Å². The molecule has 0 heterocycles. The first-order chi connectivity index (χ1) is 12.4. The summed E-state index contributed by atoms with van der Waals surface area (Å²) in [5.74, 6) is -0.617. The Morgan fingerprint density at radius 1 is 1.00 bits per heavy atom. The maximum atomic E-state index is 12.4. The van der Waals surface area contributed by atoms with E-state index < -0.39 is 27.0 Å². The first kappa shape index (κ1) is 20.9. The average molecular weight is 391 g/mol. The Bertz CT molecular complexity index is 888. The summed E-state index contributed by atoms with van der Waals surface area (Å²) in [7, 11) is -3.58. The lowest BCUT2D eigenvalue weighted by atomic mass is 9.85. The van der Waals surface area contributed by atoms with Crippen molar-refractivity contribution < 1.29 is 23.1 Å². The van der Waals surface area contributed by atoms with Gasteiger partial charge in [-0.25, -0.2) is 17.9 Å². The normalized spacial score (nSPS) is 12.6. The van der Waals surface area contributed by atoms with Gasteiger partial charge in [0.05, 0.1) is 4.90 Å². The summed E-state index contributed by atoms with van der Waals surface area (Å²) in [5.41, 5.74) is -0.899. The van der Waals surface area contributed by atoms with Crippen LogP contribution in [-0.2, 0) is 20.2 Å². The van der Waals surface area contributed by atoms with Crippen molar-refractivity contribution in [3.05, 3.63) is 60.2 Å². The van der Waals surface area contributed by atoms with E-state index in [2.05, 4.69) is 4.72 Å². The van der Waals surface area contributed by atoms with Crippen molar-refractivity contribution in [1.29, 1.82) is 0 Å². The minimum Gasteiger partial charge on any atom is -0.478 e. The second-order valence-electron chi connectivity index (χ2n) is 7.46. The van der Waals surface area contributed by atoms with Crippen LogP contribution in [0.4, 0.5) is 0 Å². The highest BCUT2D eigenvalue weighted by Crippen LogP contribution is 2.27. The second kappa shape index (κ2) is 7.70. The topological polar surface area (TPSA) is 92.7 Å². The number of carboxylic acid groups (broad SMARTS) is 1. The lowest BCUT2D eigenvalue weighted by Gasteiger charge is -2.27. The Morgan fingerprint density at radius 2 is 1.56 bits per heavy atom. The first-order valence-electron chi connectivity index (χ1n) is 8.52. The molecule has 0 unspecified atom stereocenters. The average Bonchev–Trinajstić information content (AvgIpc) is 2.61. The van der Waals surface area contributed by atoms with Crippen LogP contribution < -0.4 is 9.46 Å². The van der Waals surface area contributed by atoms with Gasteiger partial charge in [0.15, 0.2) is 5.60 Å². The van der Waals surface area contributed by atoms with Gasteiger partial charge in [-0.3, -0.25) is 0 Å². The monoisotopic (exact) mass is 391 g/mol. The summed E-state index contributed by atoms with van der Waals surface area (Å²) >= 11 is 0. The maximum Gasteiger partial charge on any atom is 0.347 e. The predicted molar refractivity (Wildman–Crippen MR) is 103 cm³/mol. The van der Waals surface area contributed by atoms with E-state index in [1.54, 1.807) is 42.5 Å². The van der Waals surface area contributed by atoms with Crippen molar-refractivity contribution in [3.63, 3.8) is 0 Å². The number of ether oxygens (including phenoxy) is 1. The fourth-order valence-corrected chi connectivity index (χ4v) is 3.61. The SMILES string of the molecule is CC(C)(Oc1ccc(C(C)(C)CNS(=O)(=O)c2ccccc2)cc1)C(=O)O. The van der Waals surface area contributed by atoms with E-state index in [1.165, 1.54) is 13.8 Å². The summed E-state index contributed by atoms with van der Waals surface area (Å²) in [4.78, 5) is 11.4. The lowest BCUT2D eigenvalue weighted by molar-refractivity contribution is -0.152. The number of aliphatic carboxylic acids is 1. The number of benzene rings is 2. The van der Waals surface area contributed by atoms with Gasteiger partial charge in [-0.15, -0.1) is 0 Å². The van der Waals surface area contributed by atoms with Gasteiger partial charge in [0.2, 0.25) is 10.0 Å². The number of hydrogen-bond acceptors (Lipinski definition) is 4. The molecular weight excluding hydrogens is 366 g/mol. The van der Waals surface area contributed by atoms with Crippen molar-refractivity contribution in [2.45, 2.75) is 43.6 Å². The predicted octanol–water partition coefficient (Wildman–Crippen LogP) is 3.18. The molecule has 0 aliphatic rings. The van der Waals surface area contributed by atoms with Crippen LogP contribution in [-0.4, -0.2) is 31.6 Å². The van der Waals surface area contributed by atoms with E-state index in [-0.39, 0.29) is 11.4 Å². The fourth-order valence-electron chi connectivity index (χ4n) is 2.37. The molecule has 7 heteroatoms. The molecule has 0 saturated carbocycles. The number of carboxylic acids is 1. The number of sulfonamides is 1. The molecule has 2 aromatic rings. The Balaban J connectivity index is 2.09. The number of rotatable bonds is 8. The van der Waals surface area contributed by atoms with Crippen LogP contribution in [0.15, 0.2) is 59.5 Å². The summed E-state index contributed by atoms with van der Waals surface area (Å²) in [6.45, 7) is 7.03. The van der Waals surface area contributed by atoms with Crippen molar-refractivity contribution in [1.82, 2.24) is 4.72 Å². The molecule has 0 saturated heterocycles. The van der Waals surface area contributed by atoms with E-state index in [0.29, 0.717) is 5.75 Å². The molecule has 0 aromatic heterocycles. The summed E-state index contributed by atoms with van der Waals surface area (Å²) < 4.78 is 32.9. The van der Waals surface area contributed by atoms with E-state index in [9.17, 15) is 13.2 Å². The molecule has 0 aliphatic carbocycles. The van der Waals surface area contributed by atoms with Gasteiger partial charge in [-0.05, 0) is 43.7 Å². The van der Waals surface area contributed by atoms with Gasteiger partial charge < -0.3 is 9.84 Å². The van der Waals surface area contributed by atoms with Crippen LogP contribution in [0.25, 0.3) is 0 Å². The highest BCUT2D eigenvalue weighted by Gasteiger charge is 2.30. The molecule has 2 N–H and O–H groups in total. The Kier molecular flexibility index (Phi) is 5.97. The van der Waals surface area contributed by atoms with Crippen LogP contribution in [0, 0.1) is 0 Å². The molecule has 2 rings (SSSR count). The third-order valence-corrected chi connectivity index (χ3v) is 5.70. The Hall–Kier alpha value is -2.38. The molecule has 0 atom stereocenters. The molecular formula is C20H25NO5S.